The molecule has 1 atom stereocenters. The summed E-state index contributed by atoms with van der Waals surface area (Å²) in [5.74, 6) is -0.560. The molecule has 30 heavy (non-hydrogen) atoms. The first-order valence-corrected chi connectivity index (χ1v) is 10.7. The molecule has 1 fully saturated rings. The van der Waals surface area contributed by atoms with Gasteiger partial charge in [-0.2, -0.15) is 0 Å². The zero-order valence-corrected chi connectivity index (χ0v) is 18.1. The van der Waals surface area contributed by atoms with Gasteiger partial charge in [0.15, 0.2) is 0 Å². The number of aryl methyl sites for hydroxylation is 2. The number of nitrogens with zero attached hydrogens (tertiary/aromatic N) is 1. The smallest absolute Gasteiger partial charge is 0.242 e. The lowest BCUT2D eigenvalue weighted by Crippen LogP contribution is -2.50. The van der Waals surface area contributed by atoms with Crippen molar-refractivity contribution in [3.05, 3.63) is 70.5 Å². The van der Waals surface area contributed by atoms with Crippen molar-refractivity contribution in [3.8, 4) is 0 Å². The van der Waals surface area contributed by atoms with Crippen molar-refractivity contribution in [2.24, 2.45) is 0 Å². The maximum Gasteiger partial charge on any atom is 0.242 e. The Balaban J connectivity index is 1.78. The predicted molar refractivity (Wildman–Crippen MR) is 116 cm³/mol. The Hall–Kier alpha value is -2.69. The third kappa shape index (κ3) is 5.91. The topological polar surface area (TPSA) is 49.4 Å². The Kier molecular flexibility index (Phi) is 7.24. The van der Waals surface area contributed by atoms with Crippen LogP contribution in [0.3, 0.4) is 0 Å². The zero-order valence-electron chi connectivity index (χ0n) is 18.1. The summed E-state index contributed by atoms with van der Waals surface area (Å²) in [4.78, 5) is 27.8. The summed E-state index contributed by atoms with van der Waals surface area (Å²) in [6, 6.07) is 11.8. The third-order valence-corrected chi connectivity index (χ3v) is 5.77. The van der Waals surface area contributed by atoms with Gasteiger partial charge in [0.1, 0.15) is 11.9 Å². The van der Waals surface area contributed by atoms with Crippen LogP contribution in [-0.4, -0.2) is 28.8 Å². The molecule has 0 heterocycles. The van der Waals surface area contributed by atoms with Gasteiger partial charge in [0.25, 0.3) is 0 Å². The van der Waals surface area contributed by atoms with E-state index >= 15 is 0 Å². The van der Waals surface area contributed by atoms with Crippen LogP contribution in [0.1, 0.15) is 54.9 Å². The molecule has 2 aromatic carbocycles. The maximum absolute atomic E-state index is 13.3. The molecule has 0 aliphatic heterocycles. The molecule has 0 spiro atoms. The standard InChI is InChI=1S/C25H31FN2O2/c1-17-12-18(2)14-21(13-17)15-24(29)28(16-20-8-10-22(26)11-9-20)19(3)25(30)27-23-6-4-5-7-23/h8-14,19,23H,4-7,15-16H2,1-3H3,(H,27,30)/t19-/m0/s1. The largest absolute Gasteiger partial charge is 0.352 e. The minimum Gasteiger partial charge on any atom is -0.352 e. The fourth-order valence-corrected chi connectivity index (χ4v) is 4.21. The molecule has 3 rings (SSSR count). The van der Waals surface area contributed by atoms with Gasteiger partial charge < -0.3 is 10.2 Å². The van der Waals surface area contributed by atoms with E-state index in [9.17, 15) is 14.0 Å². The first-order valence-electron chi connectivity index (χ1n) is 10.7. The molecule has 0 bridgehead atoms. The van der Waals surface area contributed by atoms with Crippen molar-refractivity contribution in [3.63, 3.8) is 0 Å². The second-order valence-corrected chi connectivity index (χ2v) is 8.49. The van der Waals surface area contributed by atoms with Crippen LogP contribution in [0.4, 0.5) is 4.39 Å². The highest BCUT2D eigenvalue weighted by Gasteiger charge is 2.28. The molecule has 1 aliphatic rings. The van der Waals surface area contributed by atoms with Crippen LogP contribution in [0.25, 0.3) is 0 Å². The highest BCUT2D eigenvalue weighted by atomic mass is 19.1. The minimum atomic E-state index is -0.603. The molecule has 5 heteroatoms. The molecule has 4 nitrogen and oxygen atoms in total. The van der Waals surface area contributed by atoms with E-state index < -0.39 is 6.04 Å². The van der Waals surface area contributed by atoms with Gasteiger partial charge in [-0.1, -0.05) is 54.3 Å². The van der Waals surface area contributed by atoms with E-state index in [1.165, 1.54) is 12.1 Å². The molecular weight excluding hydrogens is 379 g/mol. The lowest BCUT2D eigenvalue weighted by atomic mass is 10.0. The van der Waals surface area contributed by atoms with Gasteiger partial charge in [-0.05, 0) is 56.9 Å². The molecule has 2 aromatic rings. The number of carbonyl (C=O) groups excluding carboxylic acids is 2. The van der Waals surface area contributed by atoms with E-state index in [0.29, 0.717) is 0 Å². The second kappa shape index (κ2) is 9.88. The number of amides is 2. The van der Waals surface area contributed by atoms with Gasteiger partial charge in [0.05, 0.1) is 6.42 Å². The summed E-state index contributed by atoms with van der Waals surface area (Å²) < 4.78 is 13.3. The van der Waals surface area contributed by atoms with Gasteiger partial charge in [-0.15, -0.1) is 0 Å². The Bertz CT molecular complexity index is 868. The van der Waals surface area contributed by atoms with Crippen LogP contribution in [-0.2, 0) is 22.6 Å². The SMILES string of the molecule is Cc1cc(C)cc(CC(=O)N(Cc2ccc(F)cc2)[C@@H](C)C(=O)NC2CCCC2)c1. The molecule has 0 aromatic heterocycles. The Morgan fingerprint density at radius 1 is 1.03 bits per heavy atom. The van der Waals surface area contributed by atoms with Crippen molar-refractivity contribution in [1.29, 1.82) is 0 Å². The summed E-state index contributed by atoms with van der Waals surface area (Å²) in [7, 11) is 0. The molecule has 1 N–H and O–H groups in total. The molecule has 2 amide bonds. The highest BCUT2D eigenvalue weighted by molar-refractivity contribution is 5.88. The van der Waals surface area contributed by atoms with Crippen LogP contribution in [0, 0.1) is 19.7 Å². The van der Waals surface area contributed by atoms with Crippen LogP contribution >= 0.6 is 0 Å². The number of halogens is 1. The number of hydrogen-bond donors (Lipinski definition) is 1. The van der Waals surface area contributed by atoms with Gasteiger partial charge in [0.2, 0.25) is 11.8 Å². The Labute approximate surface area is 178 Å². The van der Waals surface area contributed by atoms with E-state index in [2.05, 4.69) is 11.4 Å². The third-order valence-electron chi connectivity index (χ3n) is 5.77. The summed E-state index contributed by atoms with van der Waals surface area (Å²) in [6.07, 6.45) is 4.47. The minimum absolute atomic E-state index is 0.113. The van der Waals surface area contributed by atoms with Gasteiger partial charge in [-0.3, -0.25) is 9.59 Å². The molecule has 0 unspecified atom stereocenters. The first kappa shape index (κ1) is 22.0. The maximum atomic E-state index is 13.3. The highest BCUT2D eigenvalue weighted by Crippen LogP contribution is 2.19. The van der Waals surface area contributed by atoms with Crippen LogP contribution < -0.4 is 5.32 Å². The summed E-state index contributed by atoms with van der Waals surface area (Å²) in [6.45, 7) is 6.06. The van der Waals surface area contributed by atoms with Gasteiger partial charge in [-0.25, -0.2) is 4.39 Å². The second-order valence-electron chi connectivity index (χ2n) is 8.49. The van der Waals surface area contributed by atoms with Crippen molar-refractivity contribution in [2.45, 2.75) is 71.5 Å². The van der Waals surface area contributed by atoms with Gasteiger partial charge >= 0.3 is 0 Å². The Morgan fingerprint density at radius 3 is 2.23 bits per heavy atom. The van der Waals surface area contributed by atoms with Crippen LogP contribution in [0.5, 0.6) is 0 Å². The monoisotopic (exact) mass is 410 g/mol. The normalized spacial score (nSPS) is 15.1. The van der Waals surface area contributed by atoms with Crippen molar-refractivity contribution < 1.29 is 14.0 Å². The van der Waals surface area contributed by atoms with E-state index in [-0.39, 0.29) is 36.6 Å². The van der Waals surface area contributed by atoms with E-state index in [1.54, 1.807) is 24.0 Å². The van der Waals surface area contributed by atoms with E-state index in [0.717, 1.165) is 47.9 Å². The van der Waals surface area contributed by atoms with Gasteiger partial charge in [0, 0.05) is 12.6 Å². The predicted octanol–water partition coefficient (Wildman–Crippen LogP) is 4.46. The average Bonchev–Trinajstić information content (AvgIpc) is 3.19. The molecule has 160 valence electrons. The fraction of sp³-hybridized carbons (Fsp3) is 0.440. The molecule has 0 saturated heterocycles. The Morgan fingerprint density at radius 2 is 1.63 bits per heavy atom. The van der Waals surface area contributed by atoms with Crippen molar-refractivity contribution in [1.82, 2.24) is 10.2 Å². The summed E-state index contributed by atoms with van der Waals surface area (Å²) >= 11 is 0. The molecule has 0 radical (unpaired) electrons. The number of hydrogen-bond acceptors (Lipinski definition) is 2. The number of benzene rings is 2. The molecule has 1 aliphatic carbocycles. The molecule has 1 saturated carbocycles. The summed E-state index contributed by atoms with van der Waals surface area (Å²) in [5.41, 5.74) is 3.94. The summed E-state index contributed by atoms with van der Waals surface area (Å²) in [5, 5.41) is 3.10. The average molecular weight is 411 g/mol. The fourth-order valence-electron chi connectivity index (χ4n) is 4.21. The number of carbonyl (C=O) groups is 2. The molecular formula is C25H31FN2O2. The van der Waals surface area contributed by atoms with E-state index in [4.69, 9.17) is 0 Å². The lowest BCUT2D eigenvalue weighted by molar-refractivity contribution is -0.140. The zero-order chi connectivity index (χ0) is 21.7. The lowest BCUT2D eigenvalue weighted by Gasteiger charge is -2.30. The first-order chi connectivity index (χ1) is 14.3. The quantitative estimate of drug-likeness (QED) is 0.733. The van der Waals surface area contributed by atoms with Crippen LogP contribution in [0.15, 0.2) is 42.5 Å². The van der Waals surface area contributed by atoms with Crippen molar-refractivity contribution >= 4 is 11.8 Å². The number of rotatable bonds is 7. The van der Waals surface area contributed by atoms with E-state index in [1.807, 2.05) is 26.0 Å². The van der Waals surface area contributed by atoms with Crippen LogP contribution in [0.2, 0.25) is 0 Å². The number of nitrogens with one attached hydrogen (secondary N) is 1. The van der Waals surface area contributed by atoms with Crippen molar-refractivity contribution in [2.75, 3.05) is 0 Å².